The monoisotopic (exact) mass is 288 g/mol. The number of nitrogens with zero attached hydrogens (tertiary/aromatic N) is 2. The van der Waals surface area contributed by atoms with Crippen LogP contribution < -0.4 is 0 Å². The number of hydrogen-bond acceptors (Lipinski definition) is 2. The molecule has 1 aliphatic rings. The molecule has 0 saturated heterocycles. The van der Waals surface area contributed by atoms with E-state index in [1.165, 1.54) is 37.8 Å². The molecule has 0 atom stereocenters. The molecule has 1 saturated carbocycles. The molecule has 0 aromatic heterocycles. The number of rotatable bonds is 6. The molecule has 3 heteroatoms. The van der Waals surface area contributed by atoms with Gasteiger partial charge in [0.2, 0.25) is 0 Å². The highest BCUT2D eigenvalue weighted by Crippen LogP contribution is 2.26. The van der Waals surface area contributed by atoms with E-state index < -0.39 is 0 Å². The number of nitriles is 1. The van der Waals surface area contributed by atoms with Crippen molar-refractivity contribution in [3.8, 4) is 6.07 Å². The van der Waals surface area contributed by atoms with Crippen molar-refractivity contribution in [2.45, 2.75) is 58.5 Å². The van der Waals surface area contributed by atoms with Gasteiger partial charge < -0.3 is 0 Å². The predicted molar refractivity (Wildman–Crippen MR) is 83.2 cm³/mol. The fourth-order valence-corrected chi connectivity index (χ4v) is 3.11. The Bertz CT molecular complexity index is 498. The first kappa shape index (κ1) is 16.0. The Hall–Kier alpha value is -1.40. The lowest BCUT2D eigenvalue weighted by Crippen LogP contribution is -2.34. The molecule has 0 aliphatic heterocycles. The van der Waals surface area contributed by atoms with Crippen LogP contribution in [0, 0.1) is 23.1 Å². The van der Waals surface area contributed by atoms with E-state index in [0.29, 0.717) is 24.1 Å². The van der Waals surface area contributed by atoms with Crippen molar-refractivity contribution in [2.24, 2.45) is 5.92 Å². The molecule has 0 N–H and O–H groups in total. The highest BCUT2D eigenvalue weighted by atomic mass is 19.1. The van der Waals surface area contributed by atoms with Gasteiger partial charge in [0, 0.05) is 12.6 Å². The van der Waals surface area contributed by atoms with Gasteiger partial charge in [0.25, 0.3) is 0 Å². The second-order valence-corrected chi connectivity index (χ2v) is 6.50. The maximum absolute atomic E-state index is 13.5. The fraction of sp³-hybridized carbons (Fsp3) is 0.611. The molecule has 0 bridgehead atoms. The third-order valence-corrected chi connectivity index (χ3v) is 4.40. The molecule has 0 radical (unpaired) electrons. The van der Waals surface area contributed by atoms with Gasteiger partial charge in [0.05, 0.1) is 11.6 Å². The Labute approximate surface area is 127 Å². The minimum Gasteiger partial charge on any atom is -0.296 e. The summed E-state index contributed by atoms with van der Waals surface area (Å²) in [5, 5.41) is 9.21. The molecule has 0 unspecified atom stereocenters. The molecule has 2 rings (SSSR count). The predicted octanol–water partition coefficient (Wildman–Crippen LogP) is 4.49. The van der Waals surface area contributed by atoms with Gasteiger partial charge in [0.15, 0.2) is 0 Å². The molecule has 0 amide bonds. The fourth-order valence-electron chi connectivity index (χ4n) is 3.11. The molecule has 1 fully saturated rings. The summed E-state index contributed by atoms with van der Waals surface area (Å²) in [6.07, 6.45) is 6.19. The molecular formula is C18H25FN2. The Morgan fingerprint density at radius 2 is 2.05 bits per heavy atom. The summed E-state index contributed by atoms with van der Waals surface area (Å²) >= 11 is 0. The first-order valence-electron chi connectivity index (χ1n) is 8.02. The zero-order valence-electron chi connectivity index (χ0n) is 13.1. The SMILES string of the molecule is CC(C)CCN(Cc1cc(F)ccc1C#N)C1CCCC1. The average molecular weight is 288 g/mol. The first-order chi connectivity index (χ1) is 10.1. The van der Waals surface area contributed by atoms with E-state index in [2.05, 4.69) is 24.8 Å². The van der Waals surface area contributed by atoms with Crippen molar-refractivity contribution in [2.75, 3.05) is 6.54 Å². The average Bonchev–Trinajstić information content (AvgIpc) is 2.97. The van der Waals surface area contributed by atoms with E-state index in [1.54, 1.807) is 6.07 Å². The van der Waals surface area contributed by atoms with Gasteiger partial charge in [0.1, 0.15) is 5.82 Å². The highest BCUT2D eigenvalue weighted by molar-refractivity contribution is 5.37. The molecule has 114 valence electrons. The summed E-state index contributed by atoms with van der Waals surface area (Å²) in [6, 6.07) is 7.28. The van der Waals surface area contributed by atoms with E-state index in [1.807, 2.05) is 0 Å². The first-order valence-corrected chi connectivity index (χ1v) is 8.02. The van der Waals surface area contributed by atoms with Crippen LogP contribution in [0.3, 0.4) is 0 Å². The number of benzene rings is 1. The second kappa shape index (κ2) is 7.56. The summed E-state index contributed by atoms with van der Waals surface area (Å²) in [4.78, 5) is 2.46. The van der Waals surface area contributed by atoms with Crippen LogP contribution in [0.2, 0.25) is 0 Å². The summed E-state index contributed by atoms with van der Waals surface area (Å²) in [5.74, 6) is 0.413. The standard InChI is InChI=1S/C18H25FN2/c1-14(2)9-10-21(18-5-3-4-6-18)13-16-11-17(19)8-7-15(16)12-20/h7-8,11,14,18H,3-6,9-10,13H2,1-2H3. The lowest BCUT2D eigenvalue weighted by molar-refractivity contribution is 0.179. The minimum absolute atomic E-state index is 0.251. The van der Waals surface area contributed by atoms with E-state index in [9.17, 15) is 9.65 Å². The van der Waals surface area contributed by atoms with Crippen molar-refractivity contribution >= 4 is 0 Å². The Balaban J connectivity index is 2.13. The summed E-state index contributed by atoms with van der Waals surface area (Å²) in [7, 11) is 0. The highest BCUT2D eigenvalue weighted by Gasteiger charge is 2.23. The van der Waals surface area contributed by atoms with Gasteiger partial charge in [-0.3, -0.25) is 4.90 Å². The minimum atomic E-state index is -0.251. The van der Waals surface area contributed by atoms with Crippen LogP contribution in [0.4, 0.5) is 4.39 Å². The van der Waals surface area contributed by atoms with Gasteiger partial charge in [-0.25, -0.2) is 4.39 Å². The molecule has 1 aromatic rings. The summed E-state index contributed by atoms with van der Waals surface area (Å²) in [6.45, 7) is 6.19. The molecule has 0 spiro atoms. The Morgan fingerprint density at radius 1 is 1.33 bits per heavy atom. The van der Waals surface area contributed by atoms with Crippen LogP contribution in [-0.2, 0) is 6.54 Å². The molecule has 21 heavy (non-hydrogen) atoms. The number of halogens is 1. The van der Waals surface area contributed by atoms with Crippen molar-refractivity contribution < 1.29 is 4.39 Å². The zero-order chi connectivity index (χ0) is 15.2. The van der Waals surface area contributed by atoms with E-state index in [0.717, 1.165) is 18.5 Å². The molecular weight excluding hydrogens is 263 g/mol. The van der Waals surface area contributed by atoms with Gasteiger partial charge in [-0.15, -0.1) is 0 Å². The van der Waals surface area contributed by atoms with Crippen LogP contribution in [0.1, 0.15) is 57.1 Å². The van der Waals surface area contributed by atoms with Crippen molar-refractivity contribution in [1.82, 2.24) is 4.90 Å². The number of hydrogen-bond donors (Lipinski definition) is 0. The maximum Gasteiger partial charge on any atom is 0.123 e. The van der Waals surface area contributed by atoms with Gasteiger partial charge in [-0.2, -0.15) is 5.26 Å². The largest absolute Gasteiger partial charge is 0.296 e. The van der Waals surface area contributed by atoms with Crippen molar-refractivity contribution in [3.63, 3.8) is 0 Å². The third-order valence-electron chi connectivity index (χ3n) is 4.40. The topological polar surface area (TPSA) is 27.0 Å². The van der Waals surface area contributed by atoms with Crippen molar-refractivity contribution in [1.29, 1.82) is 5.26 Å². The van der Waals surface area contributed by atoms with Crippen molar-refractivity contribution in [3.05, 3.63) is 35.1 Å². The van der Waals surface area contributed by atoms with E-state index in [4.69, 9.17) is 0 Å². The maximum atomic E-state index is 13.5. The zero-order valence-corrected chi connectivity index (χ0v) is 13.1. The van der Waals surface area contributed by atoms with E-state index >= 15 is 0 Å². The van der Waals surface area contributed by atoms with Gasteiger partial charge >= 0.3 is 0 Å². The van der Waals surface area contributed by atoms with Crippen LogP contribution in [0.25, 0.3) is 0 Å². The molecule has 1 aliphatic carbocycles. The van der Waals surface area contributed by atoms with Gasteiger partial charge in [-0.1, -0.05) is 26.7 Å². The van der Waals surface area contributed by atoms with Crippen LogP contribution in [0.5, 0.6) is 0 Å². The Kier molecular flexibility index (Phi) is 5.76. The quantitative estimate of drug-likeness (QED) is 0.771. The molecule has 0 heterocycles. The lowest BCUT2D eigenvalue weighted by Gasteiger charge is -2.30. The van der Waals surface area contributed by atoms with Crippen LogP contribution >= 0.6 is 0 Å². The normalized spacial score (nSPS) is 15.8. The molecule has 2 nitrogen and oxygen atoms in total. The summed E-state index contributed by atoms with van der Waals surface area (Å²) < 4.78 is 13.5. The summed E-state index contributed by atoms with van der Waals surface area (Å²) in [5.41, 5.74) is 1.43. The van der Waals surface area contributed by atoms with Gasteiger partial charge in [-0.05, 0) is 55.5 Å². The van der Waals surface area contributed by atoms with Crippen LogP contribution in [-0.4, -0.2) is 17.5 Å². The van der Waals surface area contributed by atoms with E-state index in [-0.39, 0.29) is 5.82 Å². The smallest absolute Gasteiger partial charge is 0.123 e. The van der Waals surface area contributed by atoms with Crippen LogP contribution in [0.15, 0.2) is 18.2 Å². The molecule has 1 aromatic carbocycles. The lowest BCUT2D eigenvalue weighted by atomic mass is 10.0. The second-order valence-electron chi connectivity index (χ2n) is 6.50. The third kappa shape index (κ3) is 4.54. The Morgan fingerprint density at radius 3 is 2.67 bits per heavy atom.